The number of hydrogen-bond donors (Lipinski definition) is 5. The molecule has 0 unspecified atom stereocenters. The molecule has 0 spiro atoms. The van der Waals surface area contributed by atoms with E-state index in [2.05, 4.69) is 16.0 Å². The molecule has 3 heterocycles. The molecule has 22 heteroatoms. The number of methoxy groups -OCH3 is 1. The van der Waals surface area contributed by atoms with E-state index in [1.807, 2.05) is 61.6 Å². The number of likely N-dealkylation sites (tertiary alicyclic amines) is 1. The molecule has 0 aromatic heterocycles. The molecule has 0 radical (unpaired) electrons. The highest BCUT2D eigenvalue weighted by molar-refractivity contribution is 6.72. The highest BCUT2D eigenvalue weighted by Gasteiger charge is 2.47. The van der Waals surface area contributed by atoms with Gasteiger partial charge >= 0.3 is 11.9 Å². The first-order chi connectivity index (χ1) is 38.1. The third kappa shape index (κ3) is 17.7. The molecule has 12 atom stereocenters. The number of cyclic esters (lactones) is 2. The molecular formula is C60H99N7O14Si. The summed E-state index contributed by atoms with van der Waals surface area (Å²) in [4.78, 5) is 148. The molecule has 4 rings (SSSR count). The van der Waals surface area contributed by atoms with Crippen LogP contribution in [0.5, 0.6) is 5.75 Å². The first-order valence-corrected chi connectivity index (χ1v) is 32.6. The number of carbonyl (C=O) groups excluding carboxylic acids is 9. The summed E-state index contributed by atoms with van der Waals surface area (Å²) in [5.74, 6) is -7.58. The number of nitrogens with one attached hydrogen (secondary N) is 3. The number of aliphatic hydroxyl groups excluding tert-OH is 1. The van der Waals surface area contributed by atoms with Gasteiger partial charge in [0.1, 0.15) is 48.1 Å². The Hall–Kier alpha value is -5.61. The molecule has 5 N–H and O–H groups in total. The van der Waals surface area contributed by atoms with E-state index in [0.717, 1.165) is 0 Å². The van der Waals surface area contributed by atoms with Gasteiger partial charge in [0, 0.05) is 39.5 Å². The number of likely N-dealkylation sites (N-methyl/N-ethyl adjacent to an activating group) is 2. The van der Waals surface area contributed by atoms with E-state index in [1.54, 1.807) is 56.9 Å². The van der Waals surface area contributed by atoms with Crippen LogP contribution in [0.25, 0.3) is 0 Å². The van der Waals surface area contributed by atoms with Gasteiger partial charge in [-0.05, 0) is 111 Å². The van der Waals surface area contributed by atoms with E-state index in [-0.39, 0.29) is 50.0 Å². The normalized spacial score (nSPS) is 26.3. The summed E-state index contributed by atoms with van der Waals surface area (Å²) in [7, 11) is 1.73. The first-order valence-electron chi connectivity index (χ1n) is 29.6. The van der Waals surface area contributed by atoms with Crippen LogP contribution in [0.3, 0.4) is 0 Å². The van der Waals surface area contributed by atoms with E-state index in [9.17, 15) is 38.7 Å². The van der Waals surface area contributed by atoms with Crippen molar-refractivity contribution in [1.82, 2.24) is 35.6 Å². The molecule has 0 bridgehead atoms. The molecule has 3 saturated heterocycles. The lowest BCUT2D eigenvalue weighted by atomic mass is 9.92. The van der Waals surface area contributed by atoms with Gasteiger partial charge in [-0.3, -0.25) is 38.4 Å². The number of amides is 7. The number of ether oxygens (including phenoxy) is 3. The van der Waals surface area contributed by atoms with Gasteiger partial charge in [0.2, 0.25) is 35.4 Å². The van der Waals surface area contributed by atoms with Crippen molar-refractivity contribution in [3.05, 3.63) is 29.8 Å². The molecule has 1 aromatic carbocycles. The summed E-state index contributed by atoms with van der Waals surface area (Å²) < 4.78 is 17.4. The third-order valence-electron chi connectivity index (χ3n) is 17.2. The lowest BCUT2D eigenvalue weighted by Crippen LogP contribution is -2.62. The van der Waals surface area contributed by atoms with Crippen molar-refractivity contribution in [2.75, 3.05) is 34.3 Å². The van der Waals surface area contributed by atoms with Crippen molar-refractivity contribution in [3.63, 3.8) is 0 Å². The Morgan fingerprint density at radius 3 is 2.07 bits per heavy atom. The van der Waals surface area contributed by atoms with Gasteiger partial charge in [-0.1, -0.05) is 94.7 Å². The zero-order chi connectivity index (χ0) is 61.9. The number of esters is 2. The summed E-state index contributed by atoms with van der Waals surface area (Å²) in [6.07, 6.45) is -2.64. The zero-order valence-corrected chi connectivity index (χ0v) is 53.0. The number of fused-ring (bicyclic) bond motifs is 1. The molecule has 0 saturated carbocycles. The van der Waals surface area contributed by atoms with Crippen LogP contribution in [-0.4, -0.2) is 186 Å². The predicted octanol–water partition coefficient (Wildman–Crippen LogP) is 4.73. The van der Waals surface area contributed by atoms with Gasteiger partial charge in [-0.2, -0.15) is 0 Å². The smallest absolute Gasteiger partial charge is 0.329 e. The van der Waals surface area contributed by atoms with Crippen LogP contribution in [-0.2, 0) is 59.0 Å². The van der Waals surface area contributed by atoms with Gasteiger partial charge in [0.05, 0.1) is 25.7 Å². The number of nitrogens with zero attached hydrogens (tertiary/aromatic N) is 4. The van der Waals surface area contributed by atoms with E-state index in [4.69, 9.17) is 14.2 Å². The molecule has 82 heavy (non-hydrogen) atoms. The van der Waals surface area contributed by atoms with E-state index >= 15 is 14.4 Å². The van der Waals surface area contributed by atoms with Crippen molar-refractivity contribution in [3.8, 4) is 5.75 Å². The SMILES string of the molecule is CC[C@H](C)[C@H]1NC(=O)[C@@H](NC(=O)[C@@H](CC(C)C)N(C)C(=O)[C@@H]2CCCN2C(=O)[C@H](C)CC(C)(C)[Si](C)(C)O)[C@@H](C)OC(=O)[C@H](Cc2ccc(OC)cc2)N(C)C(=O)[C@@H]2CCCN2C(=O)[C@H](CC(C)C)NC(=O)[C@H](C(C)C)OC(=O)C[C@@H]1O. The second-order valence-corrected chi connectivity index (χ2v) is 30.2. The van der Waals surface area contributed by atoms with Crippen molar-refractivity contribution in [2.24, 2.45) is 29.6 Å². The minimum atomic E-state index is -2.68. The van der Waals surface area contributed by atoms with Crippen LogP contribution >= 0.6 is 0 Å². The Balaban J connectivity index is 1.84. The van der Waals surface area contributed by atoms with Crippen LogP contribution in [0.4, 0.5) is 0 Å². The average Bonchev–Trinajstić information content (AvgIpc) is 4.29. The maximum atomic E-state index is 15.1. The monoisotopic (exact) mass is 1170 g/mol. The highest BCUT2D eigenvalue weighted by atomic mass is 28.4. The average molecular weight is 1170 g/mol. The topological polar surface area (TPSA) is 271 Å². The maximum absolute atomic E-state index is 15.1. The molecule has 3 aliphatic rings. The summed E-state index contributed by atoms with van der Waals surface area (Å²) in [6, 6.07) is -1.72. The van der Waals surface area contributed by atoms with Crippen molar-refractivity contribution >= 4 is 61.6 Å². The van der Waals surface area contributed by atoms with E-state index < -0.39 is 146 Å². The quantitative estimate of drug-likeness (QED) is 0.0983. The first kappa shape index (κ1) is 68.9. The lowest BCUT2D eigenvalue weighted by molar-refractivity contribution is -0.162. The van der Waals surface area contributed by atoms with Crippen LogP contribution in [0.2, 0.25) is 18.1 Å². The Morgan fingerprint density at radius 1 is 0.890 bits per heavy atom. The zero-order valence-electron chi connectivity index (χ0n) is 52.0. The van der Waals surface area contributed by atoms with Crippen LogP contribution in [0.1, 0.15) is 146 Å². The molecule has 3 aliphatic heterocycles. The fourth-order valence-electron chi connectivity index (χ4n) is 11.2. The Labute approximate surface area is 488 Å². The molecule has 3 fully saturated rings. The fraction of sp³-hybridized carbons (Fsp3) is 0.750. The van der Waals surface area contributed by atoms with Gasteiger partial charge in [0.15, 0.2) is 14.4 Å². The highest BCUT2D eigenvalue weighted by Crippen LogP contribution is 2.42. The number of hydrogen-bond acceptors (Lipinski definition) is 14. The molecular weight excluding hydrogens is 1070 g/mol. The van der Waals surface area contributed by atoms with Crippen LogP contribution in [0.15, 0.2) is 24.3 Å². The van der Waals surface area contributed by atoms with E-state index in [0.29, 0.717) is 50.0 Å². The Kier molecular flexibility index (Phi) is 25.0. The minimum absolute atomic E-state index is 0.0949. The summed E-state index contributed by atoms with van der Waals surface area (Å²) in [5.41, 5.74) is 0.602. The van der Waals surface area contributed by atoms with Gasteiger partial charge < -0.3 is 59.7 Å². The summed E-state index contributed by atoms with van der Waals surface area (Å²) in [6.45, 7) is 25.6. The predicted molar refractivity (Wildman–Crippen MR) is 312 cm³/mol. The fourth-order valence-corrected chi connectivity index (χ4v) is 12.0. The second kappa shape index (κ2) is 29.8. The van der Waals surface area contributed by atoms with Gasteiger partial charge in [0.25, 0.3) is 5.91 Å². The van der Waals surface area contributed by atoms with E-state index in [1.165, 1.54) is 42.8 Å². The Bertz CT molecular complexity index is 2400. The second-order valence-electron chi connectivity index (χ2n) is 25.7. The maximum Gasteiger partial charge on any atom is 0.329 e. The van der Waals surface area contributed by atoms with Gasteiger partial charge in [-0.25, -0.2) is 4.79 Å². The van der Waals surface area contributed by atoms with Crippen LogP contribution < -0.4 is 20.7 Å². The van der Waals surface area contributed by atoms with Gasteiger partial charge in [-0.15, -0.1) is 0 Å². The molecule has 7 amide bonds. The largest absolute Gasteiger partial charge is 0.497 e. The standard InChI is InChI=1S/C60H99N7O14Si/c1-18-37(8)49-47(68)32-48(69)81-51(36(6)7)54(72)61-42(29-34(2)3)56(74)67-28-20-22-44(67)58(76)65(14)46(31-40-23-25-41(79-15)26-24-40)59(77)80-39(10)50(53(71)62-49)63-52(70)45(30-35(4)5)64(13)57(75)43-21-19-27-66(43)55(73)38(9)33-60(11,12)82(16,17)78/h23-26,34-39,42-47,49-51,68,78H,18-22,27-33H2,1-17H3,(H,61,72)(H,62,71)(H,63,70)/t37-,38+,39+,42-,43-,44-,45+,46-,47-,49+,50-,51-/m0/s1. The number of aliphatic hydroxyl groups is 1. The third-order valence-corrected chi connectivity index (χ3v) is 20.7. The summed E-state index contributed by atoms with van der Waals surface area (Å²) >= 11 is 0. The number of carbonyl (C=O) groups is 9. The molecule has 21 nitrogen and oxygen atoms in total. The number of benzene rings is 1. The summed E-state index contributed by atoms with van der Waals surface area (Å²) in [5, 5.41) is 19.8. The van der Waals surface area contributed by atoms with Crippen molar-refractivity contribution < 1.29 is 67.3 Å². The minimum Gasteiger partial charge on any atom is -0.497 e. The van der Waals surface area contributed by atoms with Crippen molar-refractivity contribution in [2.45, 2.75) is 226 Å². The molecule has 1 aromatic rings. The lowest BCUT2D eigenvalue weighted by Gasteiger charge is -2.38. The molecule has 462 valence electrons. The molecule has 0 aliphatic carbocycles. The van der Waals surface area contributed by atoms with Crippen LogP contribution in [0, 0.1) is 29.6 Å². The number of rotatable bonds is 18. The Morgan fingerprint density at radius 2 is 1.51 bits per heavy atom. The van der Waals surface area contributed by atoms with Crippen molar-refractivity contribution in [1.29, 1.82) is 0 Å².